The summed E-state index contributed by atoms with van der Waals surface area (Å²) in [4.78, 5) is 12.5. The molecule has 0 bridgehead atoms. The van der Waals surface area contributed by atoms with Crippen molar-refractivity contribution in [3.8, 4) is 17.6 Å². The maximum atomic E-state index is 12.5. The van der Waals surface area contributed by atoms with Crippen LogP contribution in [0.1, 0.15) is 25.8 Å². The van der Waals surface area contributed by atoms with Crippen molar-refractivity contribution in [2.75, 3.05) is 12.4 Å². The van der Waals surface area contributed by atoms with Gasteiger partial charge in [-0.1, -0.05) is 36.7 Å². The van der Waals surface area contributed by atoms with Crippen LogP contribution in [0.15, 0.2) is 48.0 Å². The number of rotatable bonds is 7. The van der Waals surface area contributed by atoms with Gasteiger partial charge in [0.2, 0.25) is 0 Å². The van der Waals surface area contributed by atoms with E-state index in [4.69, 9.17) is 21.1 Å². The molecule has 0 aromatic heterocycles. The number of nitriles is 1. The summed E-state index contributed by atoms with van der Waals surface area (Å²) in [6.45, 7) is 3.95. The zero-order valence-electron chi connectivity index (χ0n) is 15.5. The van der Waals surface area contributed by atoms with E-state index < -0.39 is 5.91 Å². The molecule has 1 atom stereocenters. The highest BCUT2D eigenvalue weighted by atomic mass is 35.5. The van der Waals surface area contributed by atoms with Gasteiger partial charge in [-0.15, -0.1) is 0 Å². The number of carbonyl (C=O) groups is 1. The summed E-state index contributed by atoms with van der Waals surface area (Å²) < 4.78 is 11.3. The van der Waals surface area contributed by atoms with Crippen LogP contribution in [0.5, 0.6) is 11.5 Å². The van der Waals surface area contributed by atoms with Crippen molar-refractivity contribution in [2.45, 2.75) is 26.4 Å². The van der Waals surface area contributed by atoms with Crippen LogP contribution in [0.3, 0.4) is 0 Å². The van der Waals surface area contributed by atoms with Gasteiger partial charge < -0.3 is 14.8 Å². The Morgan fingerprint density at radius 3 is 2.70 bits per heavy atom. The topological polar surface area (TPSA) is 71.3 Å². The maximum Gasteiger partial charge on any atom is 0.266 e. The molecule has 0 fully saturated rings. The van der Waals surface area contributed by atoms with E-state index in [1.165, 1.54) is 6.08 Å². The zero-order valence-corrected chi connectivity index (χ0v) is 16.2. The first-order valence-electron chi connectivity index (χ1n) is 8.50. The Hall–Kier alpha value is -2.97. The highest BCUT2D eigenvalue weighted by molar-refractivity contribution is 6.31. The van der Waals surface area contributed by atoms with E-state index >= 15 is 0 Å². The van der Waals surface area contributed by atoms with Gasteiger partial charge in [-0.2, -0.15) is 5.26 Å². The number of ether oxygens (including phenoxy) is 2. The van der Waals surface area contributed by atoms with Crippen molar-refractivity contribution >= 4 is 29.3 Å². The Bertz CT molecular complexity index is 887. The van der Waals surface area contributed by atoms with Gasteiger partial charge >= 0.3 is 0 Å². The number of carbonyl (C=O) groups excluding carboxylic acids is 1. The molecule has 0 saturated carbocycles. The molecule has 0 unspecified atom stereocenters. The molecule has 0 saturated heterocycles. The Morgan fingerprint density at radius 1 is 1.33 bits per heavy atom. The summed E-state index contributed by atoms with van der Waals surface area (Å²) in [5.74, 6) is 0.506. The summed E-state index contributed by atoms with van der Waals surface area (Å²) in [5, 5.41) is 12.6. The molecular weight excluding hydrogens is 364 g/mol. The van der Waals surface area contributed by atoms with E-state index in [2.05, 4.69) is 5.32 Å². The number of nitrogens with one attached hydrogen (secondary N) is 1. The third-order valence-electron chi connectivity index (χ3n) is 3.87. The largest absolute Gasteiger partial charge is 0.493 e. The normalized spacial score (nSPS) is 12.0. The molecule has 2 rings (SSSR count). The number of anilines is 1. The van der Waals surface area contributed by atoms with E-state index in [9.17, 15) is 10.1 Å². The van der Waals surface area contributed by atoms with Gasteiger partial charge in [-0.05, 0) is 43.7 Å². The molecule has 140 valence electrons. The Morgan fingerprint density at radius 2 is 2.07 bits per heavy atom. The van der Waals surface area contributed by atoms with Crippen LogP contribution >= 0.6 is 11.6 Å². The second-order valence-electron chi connectivity index (χ2n) is 5.85. The van der Waals surface area contributed by atoms with E-state index in [1.54, 1.807) is 49.6 Å². The van der Waals surface area contributed by atoms with Crippen LogP contribution in [0.2, 0.25) is 5.02 Å². The molecule has 0 aliphatic carbocycles. The number of amides is 1. The third-order valence-corrected chi connectivity index (χ3v) is 4.11. The van der Waals surface area contributed by atoms with Gasteiger partial charge in [0.05, 0.1) is 13.2 Å². The minimum absolute atomic E-state index is 0.0423. The molecule has 0 spiro atoms. The number of nitrogens with zero attached hydrogens (tertiary/aromatic N) is 1. The number of benzene rings is 2. The second-order valence-corrected chi connectivity index (χ2v) is 6.29. The Labute approximate surface area is 164 Å². The van der Waals surface area contributed by atoms with Gasteiger partial charge in [0, 0.05) is 16.3 Å². The summed E-state index contributed by atoms with van der Waals surface area (Å²) in [6, 6.07) is 14.0. The third kappa shape index (κ3) is 5.50. The highest BCUT2D eigenvalue weighted by Crippen LogP contribution is 2.34. The number of methoxy groups -OCH3 is 1. The summed E-state index contributed by atoms with van der Waals surface area (Å²) in [5.41, 5.74) is 1.04. The minimum atomic E-state index is -0.530. The van der Waals surface area contributed by atoms with Crippen LogP contribution in [-0.2, 0) is 4.79 Å². The lowest BCUT2D eigenvalue weighted by Gasteiger charge is -2.17. The molecule has 2 aromatic rings. The number of hydrogen-bond donors (Lipinski definition) is 1. The summed E-state index contributed by atoms with van der Waals surface area (Å²) in [6.07, 6.45) is 2.25. The average Bonchev–Trinajstić information content (AvgIpc) is 2.66. The lowest BCUT2D eigenvalue weighted by Crippen LogP contribution is -2.14. The minimum Gasteiger partial charge on any atom is -0.493 e. The van der Waals surface area contributed by atoms with Crippen molar-refractivity contribution < 1.29 is 14.3 Å². The fourth-order valence-corrected chi connectivity index (χ4v) is 2.48. The molecular formula is C21H21ClN2O3. The average molecular weight is 385 g/mol. The second kappa shape index (κ2) is 9.65. The van der Waals surface area contributed by atoms with Crippen molar-refractivity contribution in [2.24, 2.45) is 0 Å². The molecule has 1 amide bonds. The van der Waals surface area contributed by atoms with Gasteiger partial charge in [-0.3, -0.25) is 4.79 Å². The van der Waals surface area contributed by atoms with Crippen molar-refractivity contribution in [1.82, 2.24) is 0 Å². The van der Waals surface area contributed by atoms with Crippen molar-refractivity contribution in [1.29, 1.82) is 5.26 Å². The molecule has 0 aliphatic rings. The monoisotopic (exact) mass is 384 g/mol. The molecule has 2 aromatic carbocycles. The van der Waals surface area contributed by atoms with Crippen LogP contribution in [0.25, 0.3) is 6.08 Å². The van der Waals surface area contributed by atoms with E-state index in [1.807, 2.05) is 19.9 Å². The van der Waals surface area contributed by atoms with Gasteiger partial charge in [-0.25, -0.2) is 0 Å². The summed E-state index contributed by atoms with van der Waals surface area (Å²) >= 11 is 5.93. The Kier molecular flexibility index (Phi) is 7.27. The van der Waals surface area contributed by atoms with Crippen LogP contribution in [0, 0.1) is 11.3 Å². The number of halogens is 1. The molecule has 27 heavy (non-hydrogen) atoms. The fraction of sp³-hybridized carbons (Fsp3) is 0.238. The van der Waals surface area contributed by atoms with Gasteiger partial charge in [0.15, 0.2) is 11.5 Å². The van der Waals surface area contributed by atoms with Crippen molar-refractivity contribution in [3.05, 3.63) is 58.6 Å². The first-order chi connectivity index (χ1) is 13.0. The van der Waals surface area contributed by atoms with E-state index in [-0.39, 0.29) is 11.7 Å². The first kappa shape index (κ1) is 20.3. The predicted octanol–water partition coefficient (Wildman–Crippen LogP) is 5.07. The van der Waals surface area contributed by atoms with E-state index in [0.29, 0.717) is 27.8 Å². The lowest BCUT2D eigenvalue weighted by molar-refractivity contribution is -0.112. The predicted molar refractivity (Wildman–Crippen MR) is 107 cm³/mol. The first-order valence-corrected chi connectivity index (χ1v) is 8.88. The van der Waals surface area contributed by atoms with E-state index in [0.717, 1.165) is 6.42 Å². The molecule has 6 heteroatoms. The fourth-order valence-electron chi connectivity index (χ4n) is 2.29. The quantitative estimate of drug-likeness (QED) is 0.534. The van der Waals surface area contributed by atoms with Gasteiger partial charge in [0.25, 0.3) is 5.91 Å². The molecule has 0 aliphatic heterocycles. The van der Waals surface area contributed by atoms with Crippen LogP contribution < -0.4 is 14.8 Å². The standard InChI is InChI=1S/C21H21ClN2O3/c1-4-14(2)27-20-15(7-5-10-19(20)26-3)11-16(13-23)21(25)24-18-9-6-8-17(22)12-18/h5-12,14H,4H2,1-3H3,(H,24,25)/b16-11-/t14-/m0/s1. The van der Waals surface area contributed by atoms with Crippen molar-refractivity contribution in [3.63, 3.8) is 0 Å². The summed E-state index contributed by atoms with van der Waals surface area (Å²) in [7, 11) is 1.54. The molecule has 0 heterocycles. The SMILES string of the molecule is CC[C@H](C)Oc1c(/C=C(/C#N)C(=O)Nc2cccc(Cl)c2)cccc1OC. The van der Waals surface area contributed by atoms with Gasteiger partial charge in [0.1, 0.15) is 11.6 Å². The molecule has 0 radical (unpaired) electrons. The maximum absolute atomic E-state index is 12.5. The smallest absolute Gasteiger partial charge is 0.266 e. The zero-order chi connectivity index (χ0) is 19.8. The molecule has 5 nitrogen and oxygen atoms in total. The number of hydrogen-bond acceptors (Lipinski definition) is 4. The van der Waals surface area contributed by atoms with Crippen LogP contribution in [-0.4, -0.2) is 19.1 Å². The molecule has 1 N–H and O–H groups in total. The number of para-hydroxylation sites is 1. The lowest BCUT2D eigenvalue weighted by atomic mass is 10.1. The Balaban J connectivity index is 2.36. The van der Waals surface area contributed by atoms with Crippen LogP contribution in [0.4, 0.5) is 5.69 Å². The highest BCUT2D eigenvalue weighted by Gasteiger charge is 2.15.